The van der Waals surface area contributed by atoms with E-state index in [0.717, 1.165) is 5.56 Å². The van der Waals surface area contributed by atoms with Gasteiger partial charge in [0, 0.05) is 16.7 Å². The Labute approximate surface area is 173 Å². The molecule has 1 amide bonds. The maximum Gasteiger partial charge on any atom is 0.276 e. The first-order valence-electron chi connectivity index (χ1n) is 8.36. The third-order valence-electron chi connectivity index (χ3n) is 4.28. The van der Waals surface area contributed by atoms with E-state index in [-0.39, 0.29) is 12.5 Å². The Hall–Kier alpha value is -2.77. The zero-order chi connectivity index (χ0) is 20.3. The van der Waals surface area contributed by atoms with Crippen LogP contribution in [-0.4, -0.2) is 37.2 Å². The van der Waals surface area contributed by atoms with E-state index in [1.165, 1.54) is 4.90 Å². The van der Waals surface area contributed by atoms with Crippen LogP contribution in [0, 0.1) is 0 Å². The first kappa shape index (κ1) is 20.0. The summed E-state index contributed by atoms with van der Waals surface area (Å²) >= 11 is 11.5. The van der Waals surface area contributed by atoms with Crippen molar-refractivity contribution in [2.45, 2.75) is 6.54 Å². The summed E-state index contributed by atoms with van der Waals surface area (Å²) in [4.78, 5) is 14.3. The summed E-state index contributed by atoms with van der Waals surface area (Å²) in [7, 11) is 4.63. The Morgan fingerprint density at radius 2 is 1.71 bits per heavy atom. The zero-order valence-corrected chi connectivity index (χ0v) is 17.2. The molecule has 6 nitrogen and oxygen atoms in total. The van der Waals surface area contributed by atoms with Gasteiger partial charge in [-0.25, -0.2) is 0 Å². The summed E-state index contributed by atoms with van der Waals surface area (Å²) in [5.41, 5.74) is 1.80. The highest BCUT2D eigenvalue weighted by atomic mass is 35.5. The number of ether oxygens (including phenoxy) is 3. The number of rotatable bonds is 6. The van der Waals surface area contributed by atoms with Gasteiger partial charge in [-0.2, -0.15) is 0 Å². The SMILES string of the molecule is COc1cc(OC)c(OC)cc1/C=C1\NC(=S)N(Cc2ccccc2Cl)C1=O. The average molecular weight is 419 g/mol. The lowest BCUT2D eigenvalue weighted by molar-refractivity contribution is -0.122. The molecular weight excluding hydrogens is 400 g/mol. The minimum atomic E-state index is -0.248. The molecule has 0 atom stereocenters. The van der Waals surface area contributed by atoms with Gasteiger partial charge in [0.1, 0.15) is 11.4 Å². The molecule has 1 aliphatic rings. The topological polar surface area (TPSA) is 60.0 Å². The number of nitrogens with zero attached hydrogens (tertiary/aromatic N) is 1. The number of hydrogen-bond donors (Lipinski definition) is 1. The van der Waals surface area contributed by atoms with Gasteiger partial charge in [0.2, 0.25) is 0 Å². The second kappa shape index (κ2) is 8.50. The van der Waals surface area contributed by atoms with E-state index < -0.39 is 0 Å². The minimum absolute atomic E-state index is 0.248. The van der Waals surface area contributed by atoms with Crippen molar-refractivity contribution in [2.75, 3.05) is 21.3 Å². The predicted molar refractivity (Wildman–Crippen MR) is 112 cm³/mol. The Morgan fingerprint density at radius 3 is 2.36 bits per heavy atom. The van der Waals surface area contributed by atoms with E-state index in [9.17, 15) is 4.79 Å². The van der Waals surface area contributed by atoms with Crippen LogP contribution in [0.4, 0.5) is 0 Å². The van der Waals surface area contributed by atoms with Crippen LogP contribution in [-0.2, 0) is 11.3 Å². The van der Waals surface area contributed by atoms with Crippen molar-refractivity contribution < 1.29 is 19.0 Å². The monoisotopic (exact) mass is 418 g/mol. The molecule has 0 unspecified atom stereocenters. The number of benzene rings is 2. The van der Waals surface area contributed by atoms with Gasteiger partial charge < -0.3 is 19.5 Å². The van der Waals surface area contributed by atoms with Gasteiger partial charge in [-0.15, -0.1) is 0 Å². The lowest BCUT2D eigenvalue weighted by atomic mass is 10.1. The average Bonchev–Trinajstić information content (AvgIpc) is 2.96. The maximum absolute atomic E-state index is 12.9. The zero-order valence-electron chi connectivity index (χ0n) is 15.6. The van der Waals surface area contributed by atoms with E-state index in [4.69, 9.17) is 38.0 Å². The summed E-state index contributed by atoms with van der Waals surface area (Å²) < 4.78 is 16.0. The lowest BCUT2D eigenvalue weighted by Crippen LogP contribution is -2.30. The Morgan fingerprint density at radius 1 is 1.07 bits per heavy atom. The van der Waals surface area contributed by atoms with Crippen LogP contribution in [0.25, 0.3) is 6.08 Å². The molecular formula is C20H19ClN2O4S. The fourth-order valence-corrected chi connectivity index (χ4v) is 3.29. The summed E-state index contributed by atoms with van der Waals surface area (Å²) in [6, 6.07) is 10.8. The molecule has 0 aromatic heterocycles. The van der Waals surface area contributed by atoms with Gasteiger partial charge in [-0.3, -0.25) is 9.69 Å². The first-order chi connectivity index (χ1) is 13.5. The third kappa shape index (κ3) is 3.90. The number of carbonyl (C=O) groups excluding carboxylic acids is 1. The number of halogens is 1. The molecule has 0 aliphatic carbocycles. The highest BCUT2D eigenvalue weighted by Crippen LogP contribution is 2.36. The molecule has 28 heavy (non-hydrogen) atoms. The van der Waals surface area contributed by atoms with Gasteiger partial charge in [0.15, 0.2) is 16.6 Å². The van der Waals surface area contributed by atoms with Gasteiger partial charge in [-0.1, -0.05) is 29.8 Å². The van der Waals surface area contributed by atoms with Gasteiger partial charge >= 0.3 is 0 Å². The number of nitrogens with one attached hydrogen (secondary N) is 1. The molecule has 1 fully saturated rings. The summed E-state index contributed by atoms with van der Waals surface area (Å²) in [5.74, 6) is 1.34. The van der Waals surface area contributed by atoms with Gasteiger partial charge in [0.05, 0.1) is 27.9 Å². The van der Waals surface area contributed by atoms with Crippen LogP contribution in [0.5, 0.6) is 17.2 Å². The molecule has 0 radical (unpaired) electrons. The molecule has 1 heterocycles. The normalized spacial score (nSPS) is 15.0. The third-order valence-corrected chi connectivity index (χ3v) is 4.98. The number of amides is 1. The van der Waals surface area contributed by atoms with Gasteiger partial charge in [-0.05, 0) is 36.0 Å². The number of methoxy groups -OCH3 is 3. The van der Waals surface area contributed by atoms with E-state index in [0.29, 0.717) is 38.6 Å². The van der Waals surface area contributed by atoms with Crippen LogP contribution in [0.1, 0.15) is 11.1 Å². The fraction of sp³-hybridized carbons (Fsp3) is 0.200. The summed E-state index contributed by atoms with van der Waals surface area (Å²) in [5, 5.41) is 3.85. The molecule has 2 aromatic carbocycles. The number of hydrogen-bond acceptors (Lipinski definition) is 5. The molecule has 146 valence electrons. The molecule has 2 aromatic rings. The van der Waals surface area contributed by atoms with E-state index in [1.807, 2.05) is 18.2 Å². The van der Waals surface area contributed by atoms with Crippen molar-refractivity contribution in [3.63, 3.8) is 0 Å². The largest absolute Gasteiger partial charge is 0.496 e. The van der Waals surface area contributed by atoms with Crippen LogP contribution in [0.15, 0.2) is 42.1 Å². The number of thiocarbonyl (C=S) groups is 1. The second-order valence-electron chi connectivity index (χ2n) is 5.92. The van der Waals surface area contributed by atoms with Crippen LogP contribution < -0.4 is 19.5 Å². The smallest absolute Gasteiger partial charge is 0.276 e. The Bertz CT molecular complexity index is 961. The molecule has 1 aliphatic heterocycles. The summed E-state index contributed by atoms with van der Waals surface area (Å²) in [6.45, 7) is 0.282. The highest BCUT2D eigenvalue weighted by molar-refractivity contribution is 7.80. The van der Waals surface area contributed by atoms with E-state index >= 15 is 0 Å². The quantitative estimate of drug-likeness (QED) is 0.571. The standard InChI is InChI=1S/C20H19ClN2O4S/c1-25-16-10-18(27-3)17(26-2)9-13(16)8-15-19(24)23(20(28)22-15)11-12-6-4-5-7-14(12)21/h4-10H,11H2,1-3H3,(H,22,28)/b15-8-. The minimum Gasteiger partial charge on any atom is -0.496 e. The molecule has 0 spiro atoms. The van der Waals surface area contributed by atoms with Gasteiger partial charge in [0.25, 0.3) is 5.91 Å². The Kier molecular flexibility index (Phi) is 6.06. The van der Waals surface area contributed by atoms with Crippen molar-refractivity contribution in [1.82, 2.24) is 10.2 Å². The molecule has 0 saturated carbocycles. The fourth-order valence-electron chi connectivity index (χ4n) is 2.83. The molecule has 1 saturated heterocycles. The van der Waals surface area contributed by atoms with Crippen molar-refractivity contribution in [1.29, 1.82) is 0 Å². The van der Waals surface area contributed by atoms with E-state index in [1.54, 1.807) is 45.6 Å². The lowest BCUT2D eigenvalue weighted by Gasteiger charge is -2.15. The van der Waals surface area contributed by atoms with Crippen LogP contribution in [0.3, 0.4) is 0 Å². The second-order valence-corrected chi connectivity index (χ2v) is 6.71. The Balaban J connectivity index is 1.92. The van der Waals surface area contributed by atoms with Crippen molar-refractivity contribution in [3.05, 3.63) is 58.2 Å². The highest BCUT2D eigenvalue weighted by Gasteiger charge is 2.31. The number of carbonyl (C=O) groups is 1. The van der Waals surface area contributed by atoms with Crippen LogP contribution in [0.2, 0.25) is 5.02 Å². The van der Waals surface area contributed by atoms with E-state index in [2.05, 4.69) is 5.32 Å². The van der Waals surface area contributed by atoms with Crippen molar-refractivity contribution >= 4 is 40.9 Å². The maximum atomic E-state index is 12.9. The predicted octanol–water partition coefficient (Wildman–Crippen LogP) is 3.62. The molecule has 1 N–H and O–H groups in total. The summed E-state index contributed by atoms with van der Waals surface area (Å²) in [6.07, 6.45) is 1.67. The first-order valence-corrected chi connectivity index (χ1v) is 9.15. The van der Waals surface area contributed by atoms with Crippen LogP contribution >= 0.6 is 23.8 Å². The van der Waals surface area contributed by atoms with Crippen molar-refractivity contribution in [3.8, 4) is 17.2 Å². The molecule has 8 heteroatoms. The van der Waals surface area contributed by atoms with Crippen molar-refractivity contribution in [2.24, 2.45) is 0 Å². The molecule has 3 rings (SSSR count). The molecule has 0 bridgehead atoms.